The van der Waals surface area contributed by atoms with Gasteiger partial charge < -0.3 is 9.88 Å². The largest absolute Gasteiger partial charge is 0.370 e. The molecule has 0 aliphatic rings. The second-order valence-electron chi connectivity index (χ2n) is 4.25. The molecule has 0 aliphatic carbocycles. The van der Waals surface area contributed by atoms with Crippen molar-refractivity contribution in [3.8, 4) is 0 Å². The zero-order chi connectivity index (χ0) is 12.8. The first-order chi connectivity index (χ1) is 8.75. The first-order valence-corrected chi connectivity index (χ1v) is 6.87. The predicted octanol–water partition coefficient (Wildman–Crippen LogP) is 3.24. The van der Waals surface area contributed by atoms with E-state index in [0.717, 1.165) is 36.2 Å². The van der Waals surface area contributed by atoms with Gasteiger partial charge in [-0.3, -0.25) is 0 Å². The molecule has 0 amide bonds. The summed E-state index contributed by atoms with van der Waals surface area (Å²) in [6.45, 7) is 4.03. The highest BCUT2D eigenvalue weighted by molar-refractivity contribution is 9.10. The molecule has 5 heteroatoms. The lowest BCUT2D eigenvalue weighted by molar-refractivity contribution is 0.620. The maximum Gasteiger partial charge on any atom is 0.126 e. The Hall–Kier alpha value is -1.36. The minimum Gasteiger partial charge on any atom is -0.370 e. The number of pyridine rings is 1. The first-order valence-electron chi connectivity index (χ1n) is 6.07. The molecule has 0 fully saturated rings. The van der Waals surface area contributed by atoms with E-state index in [2.05, 4.69) is 48.8 Å². The van der Waals surface area contributed by atoms with Crippen LogP contribution in [0.15, 0.2) is 35.5 Å². The van der Waals surface area contributed by atoms with Crippen LogP contribution in [0.4, 0.5) is 5.82 Å². The number of anilines is 1. The third-order valence-corrected chi connectivity index (χ3v) is 3.59. The van der Waals surface area contributed by atoms with Crippen LogP contribution >= 0.6 is 15.9 Å². The highest BCUT2D eigenvalue weighted by Crippen LogP contribution is 2.17. The van der Waals surface area contributed by atoms with Gasteiger partial charge in [-0.25, -0.2) is 9.97 Å². The molecule has 2 aromatic rings. The van der Waals surface area contributed by atoms with Gasteiger partial charge in [-0.2, -0.15) is 0 Å². The van der Waals surface area contributed by atoms with Crippen LogP contribution in [0.3, 0.4) is 0 Å². The van der Waals surface area contributed by atoms with Crippen molar-refractivity contribution >= 4 is 21.7 Å². The standard InChI is InChI=1S/C13H17BrN4/c1-11-8-13(17-9-12(11)14)16-4-2-3-6-18-7-5-15-10-18/h5,7-10H,2-4,6H2,1H3,(H,16,17). The van der Waals surface area contributed by atoms with Crippen LogP contribution in [0.2, 0.25) is 0 Å². The Morgan fingerprint density at radius 1 is 1.39 bits per heavy atom. The monoisotopic (exact) mass is 308 g/mol. The van der Waals surface area contributed by atoms with Crippen LogP contribution < -0.4 is 5.32 Å². The quantitative estimate of drug-likeness (QED) is 0.833. The van der Waals surface area contributed by atoms with E-state index in [9.17, 15) is 0 Å². The fraction of sp³-hybridized carbons (Fsp3) is 0.385. The molecule has 0 saturated carbocycles. The Morgan fingerprint density at radius 2 is 2.28 bits per heavy atom. The van der Waals surface area contributed by atoms with Gasteiger partial charge in [-0.05, 0) is 47.3 Å². The number of aromatic nitrogens is 3. The molecule has 2 aromatic heterocycles. The number of unbranched alkanes of at least 4 members (excludes halogenated alkanes) is 1. The zero-order valence-corrected chi connectivity index (χ0v) is 12.0. The minimum atomic E-state index is 0.943. The molecule has 18 heavy (non-hydrogen) atoms. The summed E-state index contributed by atoms with van der Waals surface area (Å²) in [5.74, 6) is 0.943. The highest BCUT2D eigenvalue weighted by Gasteiger charge is 1.98. The summed E-state index contributed by atoms with van der Waals surface area (Å²) in [4.78, 5) is 8.33. The van der Waals surface area contributed by atoms with Gasteiger partial charge >= 0.3 is 0 Å². The Bertz CT molecular complexity index is 482. The molecular weight excluding hydrogens is 292 g/mol. The van der Waals surface area contributed by atoms with Crippen molar-refractivity contribution in [2.45, 2.75) is 26.3 Å². The summed E-state index contributed by atoms with van der Waals surface area (Å²) in [5, 5.41) is 3.34. The molecule has 2 rings (SSSR count). The first kappa shape index (κ1) is 13.1. The van der Waals surface area contributed by atoms with Crippen molar-refractivity contribution in [2.75, 3.05) is 11.9 Å². The SMILES string of the molecule is Cc1cc(NCCCCn2ccnc2)ncc1Br. The van der Waals surface area contributed by atoms with Gasteiger partial charge in [0, 0.05) is 36.2 Å². The maximum atomic E-state index is 4.31. The van der Waals surface area contributed by atoms with Crippen molar-refractivity contribution < 1.29 is 0 Å². The van der Waals surface area contributed by atoms with E-state index in [1.165, 1.54) is 5.56 Å². The van der Waals surface area contributed by atoms with Crippen molar-refractivity contribution in [2.24, 2.45) is 0 Å². The van der Waals surface area contributed by atoms with Crippen molar-refractivity contribution in [1.29, 1.82) is 0 Å². The Labute approximate surface area is 116 Å². The van der Waals surface area contributed by atoms with Gasteiger partial charge in [0.05, 0.1) is 6.33 Å². The maximum absolute atomic E-state index is 4.31. The van der Waals surface area contributed by atoms with Crippen LogP contribution in [0.5, 0.6) is 0 Å². The molecule has 0 spiro atoms. The third-order valence-electron chi connectivity index (χ3n) is 2.76. The van der Waals surface area contributed by atoms with Gasteiger partial charge in [0.15, 0.2) is 0 Å². The fourth-order valence-electron chi connectivity index (χ4n) is 1.69. The molecule has 0 saturated heterocycles. The highest BCUT2D eigenvalue weighted by atomic mass is 79.9. The molecule has 0 bridgehead atoms. The zero-order valence-electron chi connectivity index (χ0n) is 10.4. The number of aryl methyl sites for hydroxylation is 2. The number of imidazole rings is 1. The Balaban J connectivity index is 1.67. The number of nitrogens with zero attached hydrogens (tertiary/aromatic N) is 3. The molecule has 4 nitrogen and oxygen atoms in total. The molecule has 0 aromatic carbocycles. The van der Waals surface area contributed by atoms with Crippen LogP contribution in [0, 0.1) is 6.92 Å². The lowest BCUT2D eigenvalue weighted by Crippen LogP contribution is -2.05. The van der Waals surface area contributed by atoms with E-state index in [0.29, 0.717) is 0 Å². The summed E-state index contributed by atoms with van der Waals surface area (Å²) in [6, 6.07) is 2.06. The second kappa shape index (κ2) is 6.54. The van der Waals surface area contributed by atoms with Crippen LogP contribution in [-0.2, 0) is 6.54 Å². The molecule has 0 unspecified atom stereocenters. The van der Waals surface area contributed by atoms with Gasteiger partial charge in [0.2, 0.25) is 0 Å². The topological polar surface area (TPSA) is 42.7 Å². The second-order valence-corrected chi connectivity index (χ2v) is 5.11. The number of hydrogen-bond donors (Lipinski definition) is 1. The molecule has 1 N–H and O–H groups in total. The molecule has 0 radical (unpaired) electrons. The number of nitrogens with one attached hydrogen (secondary N) is 1. The summed E-state index contributed by atoms with van der Waals surface area (Å²) in [7, 11) is 0. The summed E-state index contributed by atoms with van der Waals surface area (Å²) in [6.07, 6.45) is 9.75. The van der Waals surface area contributed by atoms with Crippen LogP contribution in [0.25, 0.3) is 0 Å². The molecule has 96 valence electrons. The van der Waals surface area contributed by atoms with E-state index >= 15 is 0 Å². The molecular formula is C13H17BrN4. The van der Waals surface area contributed by atoms with Gasteiger partial charge in [-0.1, -0.05) is 0 Å². The number of rotatable bonds is 6. The van der Waals surface area contributed by atoms with E-state index in [1.54, 1.807) is 0 Å². The fourth-order valence-corrected chi connectivity index (χ4v) is 1.91. The summed E-state index contributed by atoms with van der Waals surface area (Å²) >= 11 is 3.45. The van der Waals surface area contributed by atoms with Crippen molar-refractivity contribution in [1.82, 2.24) is 14.5 Å². The number of hydrogen-bond acceptors (Lipinski definition) is 3. The van der Waals surface area contributed by atoms with Crippen LogP contribution in [-0.4, -0.2) is 21.1 Å². The van der Waals surface area contributed by atoms with Crippen molar-refractivity contribution in [3.05, 3.63) is 41.0 Å². The Kier molecular flexibility index (Phi) is 4.75. The average molecular weight is 309 g/mol. The van der Waals surface area contributed by atoms with Crippen LogP contribution in [0.1, 0.15) is 18.4 Å². The minimum absolute atomic E-state index is 0.943. The summed E-state index contributed by atoms with van der Waals surface area (Å²) < 4.78 is 3.15. The lowest BCUT2D eigenvalue weighted by Gasteiger charge is -2.07. The van der Waals surface area contributed by atoms with Gasteiger partial charge in [-0.15, -0.1) is 0 Å². The molecule has 0 atom stereocenters. The Morgan fingerprint density at radius 3 is 3.00 bits per heavy atom. The summed E-state index contributed by atoms with van der Waals surface area (Å²) in [5.41, 5.74) is 1.20. The van der Waals surface area contributed by atoms with Crippen molar-refractivity contribution in [3.63, 3.8) is 0 Å². The molecule has 2 heterocycles. The lowest BCUT2D eigenvalue weighted by atomic mass is 10.3. The van der Waals surface area contributed by atoms with Gasteiger partial charge in [0.1, 0.15) is 5.82 Å². The van der Waals surface area contributed by atoms with E-state index in [4.69, 9.17) is 0 Å². The number of halogens is 1. The predicted molar refractivity (Wildman–Crippen MR) is 76.6 cm³/mol. The normalized spacial score (nSPS) is 10.6. The third kappa shape index (κ3) is 3.84. The molecule has 0 aliphatic heterocycles. The van der Waals surface area contributed by atoms with Gasteiger partial charge in [0.25, 0.3) is 0 Å². The average Bonchev–Trinajstić information content (AvgIpc) is 2.86. The van der Waals surface area contributed by atoms with E-state index < -0.39 is 0 Å². The smallest absolute Gasteiger partial charge is 0.126 e. The van der Waals surface area contributed by atoms with E-state index in [-0.39, 0.29) is 0 Å². The van der Waals surface area contributed by atoms with E-state index in [1.807, 2.05) is 24.9 Å².